The number of anilines is 2. The van der Waals surface area contributed by atoms with Crippen LogP contribution in [0.1, 0.15) is 30.6 Å². The summed E-state index contributed by atoms with van der Waals surface area (Å²) >= 11 is 0. The van der Waals surface area contributed by atoms with Crippen LogP contribution in [0, 0.1) is 0 Å². The number of carbonyl (C=O) groups is 1. The Bertz CT molecular complexity index is 476. The average Bonchev–Trinajstić information content (AvgIpc) is 2.63. The summed E-state index contributed by atoms with van der Waals surface area (Å²) in [6.07, 6.45) is 1.09. The molecule has 5 nitrogen and oxygen atoms in total. The van der Waals surface area contributed by atoms with Crippen molar-refractivity contribution < 1.29 is 14.3 Å². The summed E-state index contributed by atoms with van der Waals surface area (Å²) in [5, 5.41) is 0. The summed E-state index contributed by atoms with van der Waals surface area (Å²) in [4.78, 5) is 14.3. The summed E-state index contributed by atoms with van der Waals surface area (Å²) in [5.74, 6) is -0.326. The van der Waals surface area contributed by atoms with Gasteiger partial charge in [0.1, 0.15) is 0 Å². The van der Waals surface area contributed by atoms with Crippen LogP contribution in [0.3, 0.4) is 0 Å². The molecular formula is C15H22N2O3. The van der Waals surface area contributed by atoms with E-state index in [0.717, 1.165) is 31.8 Å². The van der Waals surface area contributed by atoms with Crippen LogP contribution < -0.4 is 10.6 Å². The summed E-state index contributed by atoms with van der Waals surface area (Å²) in [7, 11) is 0. The molecule has 20 heavy (non-hydrogen) atoms. The maximum Gasteiger partial charge on any atom is 0.340 e. The van der Waals surface area contributed by atoms with Crippen molar-refractivity contribution in [1.82, 2.24) is 0 Å². The van der Waals surface area contributed by atoms with Gasteiger partial charge in [-0.05, 0) is 38.5 Å². The van der Waals surface area contributed by atoms with E-state index >= 15 is 0 Å². The van der Waals surface area contributed by atoms with Crippen LogP contribution in [0.2, 0.25) is 0 Å². The second kappa shape index (κ2) is 6.61. The lowest BCUT2D eigenvalue weighted by molar-refractivity contribution is 0.0526. The number of nitrogens with two attached hydrogens (primary N) is 1. The monoisotopic (exact) mass is 278 g/mol. The van der Waals surface area contributed by atoms with Gasteiger partial charge in [0.2, 0.25) is 0 Å². The molecule has 1 heterocycles. The molecule has 0 aromatic heterocycles. The Morgan fingerprint density at radius 1 is 1.55 bits per heavy atom. The fraction of sp³-hybridized carbons (Fsp3) is 0.533. The molecule has 0 spiro atoms. The van der Waals surface area contributed by atoms with Crippen molar-refractivity contribution in [2.75, 3.05) is 36.9 Å². The lowest BCUT2D eigenvalue weighted by Crippen LogP contribution is -2.31. The third-order valence-corrected chi connectivity index (χ3v) is 3.31. The Labute approximate surface area is 119 Å². The molecule has 2 N–H and O–H groups in total. The molecule has 0 radical (unpaired) electrons. The number of carbonyl (C=O) groups excluding carboxylic acids is 1. The Kier molecular flexibility index (Phi) is 4.84. The Balaban J connectivity index is 2.31. The van der Waals surface area contributed by atoms with E-state index in [4.69, 9.17) is 15.2 Å². The predicted octanol–water partition coefficient (Wildman–Crippen LogP) is 2.06. The molecule has 1 aliphatic heterocycles. The Hall–Kier alpha value is -1.75. The van der Waals surface area contributed by atoms with Gasteiger partial charge in [0.15, 0.2) is 0 Å². The van der Waals surface area contributed by atoms with E-state index in [1.807, 2.05) is 19.1 Å². The molecule has 1 atom stereocenters. The van der Waals surface area contributed by atoms with E-state index < -0.39 is 0 Å². The quantitative estimate of drug-likeness (QED) is 0.677. The number of nitrogens with zero attached hydrogens (tertiary/aromatic N) is 1. The zero-order chi connectivity index (χ0) is 14.5. The van der Waals surface area contributed by atoms with Crippen molar-refractivity contribution >= 4 is 17.3 Å². The predicted molar refractivity (Wildman–Crippen MR) is 79.1 cm³/mol. The minimum Gasteiger partial charge on any atom is -0.462 e. The summed E-state index contributed by atoms with van der Waals surface area (Å²) in [6, 6.07) is 5.39. The van der Waals surface area contributed by atoms with Crippen molar-refractivity contribution in [3.05, 3.63) is 23.8 Å². The highest BCUT2D eigenvalue weighted by molar-refractivity contribution is 5.97. The van der Waals surface area contributed by atoms with Gasteiger partial charge >= 0.3 is 5.97 Å². The Morgan fingerprint density at radius 3 is 3.10 bits per heavy atom. The van der Waals surface area contributed by atoms with Crippen LogP contribution in [-0.2, 0) is 9.47 Å². The van der Waals surface area contributed by atoms with Crippen LogP contribution in [0.4, 0.5) is 11.4 Å². The van der Waals surface area contributed by atoms with Crippen molar-refractivity contribution in [2.45, 2.75) is 26.4 Å². The van der Waals surface area contributed by atoms with E-state index in [2.05, 4.69) is 4.90 Å². The van der Waals surface area contributed by atoms with E-state index in [-0.39, 0.29) is 12.1 Å². The Morgan fingerprint density at radius 2 is 2.35 bits per heavy atom. The highest BCUT2D eigenvalue weighted by atomic mass is 16.5. The van der Waals surface area contributed by atoms with Gasteiger partial charge in [-0.2, -0.15) is 0 Å². The molecule has 2 rings (SSSR count). The molecule has 0 aliphatic carbocycles. The second-order valence-corrected chi connectivity index (χ2v) is 4.98. The third kappa shape index (κ3) is 3.42. The lowest BCUT2D eigenvalue weighted by atomic mass is 10.1. The summed E-state index contributed by atoms with van der Waals surface area (Å²) in [5.41, 5.74) is 7.76. The first-order chi connectivity index (χ1) is 9.61. The molecule has 1 fully saturated rings. The fourth-order valence-electron chi connectivity index (χ4n) is 2.41. The zero-order valence-electron chi connectivity index (χ0n) is 12.1. The number of hydrogen-bond acceptors (Lipinski definition) is 5. The van der Waals surface area contributed by atoms with E-state index in [1.54, 1.807) is 13.0 Å². The molecule has 0 amide bonds. The molecule has 1 aromatic rings. The van der Waals surface area contributed by atoms with Crippen LogP contribution in [0.5, 0.6) is 0 Å². The molecule has 5 heteroatoms. The maximum absolute atomic E-state index is 12.1. The SMILES string of the molecule is CCOC(=O)c1cc(N)ccc1N1CCCOC(C)C1. The first-order valence-electron chi connectivity index (χ1n) is 7.05. The van der Waals surface area contributed by atoms with Gasteiger partial charge in [0, 0.05) is 25.4 Å². The standard InChI is InChI=1S/C15H22N2O3/c1-3-19-15(18)13-9-12(16)5-6-14(13)17-7-4-8-20-11(2)10-17/h5-6,9,11H,3-4,7-8,10,16H2,1-2H3. The van der Waals surface area contributed by atoms with Gasteiger partial charge in [-0.1, -0.05) is 0 Å². The lowest BCUT2D eigenvalue weighted by Gasteiger charge is -2.26. The number of benzene rings is 1. The maximum atomic E-state index is 12.1. The molecule has 1 aliphatic rings. The second-order valence-electron chi connectivity index (χ2n) is 4.98. The number of ether oxygens (including phenoxy) is 2. The molecule has 1 unspecified atom stereocenters. The zero-order valence-corrected chi connectivity index (χ0v) is 12.1. The largest absolute Gasteiger partial charge is 0.462 e. The number of esters is 1. The molecule has 0 saturated carbocycles. The number of nitrogen functional groups attached to an aromatic ring is 1. The topological polar surface area (TPSA) is 64.8 Å². The van der Waals surface area contributed by atoms with Crippen LogP contribution in [0.15, 0.2) is 18.2 Å². The first-order valence-corrected chi connectivity index (χ1v) is 7.05. The molecular weight excluding hydrogens is 256 g/mol. The van der Waals surface area contributed by atoms with Gasteiger partial charge in [-0.25, -0.2) is 4.79 Å². The first kappa shape index (κ1) is 14.7. The summed E-state index contributed by atoms with van der Waals surface area (Å²) in [6.45, 7) is 6.57. The van der Waals surface area contributed by atoms with E-state index in [1.165, 1.54) is 0 Å². The third-order valence-electron chi connectivity index (χ3n) is 3.31. The van der Waals surface area contributed by atoms with Gasteiger partial charge in [-0.3, -0.25) is 0 Å². The number of rotatable bonds is 3. The minimum atomic E-state index is -0.326. The summed E-state index contributed by atoms with van der Waals surface area (Å²) < 4.78 is 10.8. The van der Waals surface area contributed by atoms with Gasteiger partial charge in [-0.15, -0.1) is 0 Å². The minimum absolute atomic E-state index is 0.144. The van der Waals surface area contributed by atoms with Crippen molar-refractivity contribution in [3.8, 4) is 0 Å². The van der Waals surface area contributed by atoms with E-state index in [9.17, 15) is 4.79 Å². The van der Waals surface area contributed by atoms with Crippen LogP contribution in [0.25, 0.3) is 0 Å². The molecule has 110 valence electrons. The fourth-order valence-corrected chi connectivity index (χ4v) is 2.41. The number of hydrogen-bond donors (Lipinski definition) is 1. The van der Waals surface area contributed by atoms with Crippen molar-refractivity contribution in [2.24, 2.45) is 0 Å². The molecule has 1 saturated heterocycles. The smallest absolute Gasteiger partial charge is 0.340 e. The molecule has 0 bridgehead atoms. The highest BCUT2D eigenvalue weighted by Crippen LogP contribution is 2.26. The normalized spacial score (nSPS) is 19.5. The van der Waals surface area contributed by atoms with Crippen molar-refractivity contribution in [1.29, 1.82) is 0 Å². The highest BCUT2D eigenvalue weighted by Gasteiger charge is 2.21. The van der Waals surface area contributed by atoms with Crippen molar-refractivity contribution in [3.63, 3.8) is 0 Å². The van der Waals surface area contributed by atoms with Gasteiger partial charge < -0.3 is 20.1 Å². The average molecular weight is 278 g/mol. The molecule has 1 aromatic carbocycles. The van der Waals surface area contributed by atoms with Crippen LogP contribution >= 0.6 is 0 Å². The van der Waals surface area contributed by atoms with E-state index in [0.29, 0.717) is 17.9 Å². The van der Waals surface area contributed by atoms with Gasteiger partial charge in [0.05, 0.1) is 24.0 Å². The van der Waals surface area contributed by atoms with Gasteiger partial charge in [0.25, 0.3) is 0 Å². The van der Waals surface area contributed by atoms with Crippen LogP contribution in [-0.4, -0.2) is 38.4 Å².